The second-order valence-corrected chi connectivity index (χ2v) is 5.58. The van der Waals surface area contributed by atoms with Gasteiger partial charge in [0.2, 0.25) is 0 Å². The fourth-order valence-corrected chi connectivity index (χ4v) is 2.66. The smallest absolute Gasteiger partial charge is 0.00235 e. The first-order valence-electron chi connectivity index (χ1n) is 8.14. The van der Waals surface area contributed by atoms with E-state index in [4.69, 9.17) is 0 Å². The largest absolute Gasteiger partial charge is 0.320 e. The summed E-state index contributed by atoms with van der Waals surface area (Å²) in [6, 6.07) is 0. The molecular formula is C16H36N2. The summed E-state index contributed by atoms with van der Waals surface area (Å²) in [5.41, 5.74) is 0. The Bertz CT molecular complexity index is 142. The third kappa shape index (κ3) is 12.4. The maximum absolute atomic E-state index is 3.33. The molecule has 0 aromatic heterocycles. The lowest BCUT2D eigenvalue weighted by molar-refractivity contribution is 0.405. The van der Waals surface area contributed by atoms with E-state index in [1.165, 1.54) is 77.3 Å². The molecule has 0 aromatic carbocycles. The molecule has 2 nitrogen and oxygen atoms in total. The van der Waals surface area contributed by atoms with E-state index in [1.54, 1.807) is 0 Å². The van der Waals surface area contributed by atoms with Gasteiger partial charge >= 0.3 is 0 Å². The van der Waals surface area contributed by atoms with Gasteiger partial charge in [0.25, 0.3) is 0 Å². The van der Waals surface area contributed by atoms with Gasteiger partial charge in [-0.1, -0.05) is 51.9 Å². The van der Waals surface area contributed by atoms with E-state index in [0.717, 1.165) is 5.92 Å². The molecule has 0 saturated heterocycles. The second kappa shape index (κ2) is 15.0. The minimum absolute atomic E-state index is 0.913. The van der Waals surface area contributed by atoms with Gasteiger partial charge in [-0.25, -0.2) is 0 Å². The molecule has 0 aliphatic carbocycles. The standard InChI is InChI=1S/C16H36N2/c1-4-12-16(15-18-3)13-10-8-6-5-7-9-11-14-17-2/h16-18H,4-15H2,1-3H3. The SMILES string of the molecule is CCCC(CCCCCCCCCNC)CNC. The highest BCUT2D eigenvalue weighted by molar-refractivity contribution is 4.61. The van der Waals surface area contributed by atoms with E-state index in [-0.39, 0.29) is 0 Å². The van der Waals surface area contributed by atoms with Crippen LogP contribution >= 0.6 is 0 Å². The molecule has 0 saturated carbocycles. The molecule has 1 unspecified atom stereocenters. The minimum atomic E-state index is 0.913. The molecule has 0 aliphatic rings. The van der Waals surface area contributed by atoms with Crippen molar-refractivity contribution in [2.75, 3.05) is 27.2 Å². The normalized spacial score (nSPS) is 12.8. The van der Waals surface area contributed by atoms with Crippen molar-refractivity contribution in [3.8, 4) is 0 Å². The maximum Gasteiger partial charge on any atom is -0.00235 e. The van der Waals surface area contributed by atoms with Gasteiger partial charge in [-0.05, 0) is 52.4 Å². The molecule has 1 atom stereocenters. The topological polar surface area (TPSA) is 24.1 Å². The number of unbranched alkanes of at least 4 members (excludes halogenated alkanes) is 6. The quantitative estimate of drug-likeness (QED) is 0.460. The van der Waals surface area contributed by atoms with Crippen molar-refractivity contribution in [3.05, 3.63) is 0 Å². The summed E-state index contributed by atoms with van der Waals surface area (Å²) in [6.07, 6.45) is 14.1. The third-order valence-electron chi connectivity index (χ3n) is 3.73. The summed E-state index contributed by atoms with van der Waals surface area (Å²) in [5, 5.41) is 6.54. The molecule has 0 aliphatic heterocycles. The first-order chi connectivity index (χ1) is 8.85. The molecule has 0 spiro atoms. The van der Waals surface area contributed by atoms with Crippen molar-refractivity contribution in [2.24, 2.45) is 5.92 Å². The Kier molecular flexibility index (Phi) is 14.9. The van der Waals surface area contributed by atoms with E-state index >= 15 is 0 Å². The molecule has 0 rings (SSSR count). The van der Waals surface area contributed by atoms with Gasteiger partial charge in [0.1, 0.15) is 0 Å². The van der Waals surface area contributed by atoms with Crippen LogP contribution in [0.25, 0.3) is 0 Å². The lowest BCUT2D eigenvalue weighted by Gasteiger charge is -2.15. The number of rotatable bonds is 14. The lowest BCUT2D eigenvalue weighted by atomic mass is 9.96. The Balaban J connectivity index is 3.21. The van der Waals surface area contributed by atoms with E-state index in [9.17, 15) is 0 Å². The zero-order valence-electron chi connectivity index (χ0n) is 13.1. The Hall–Kier alpha value is -0.0800. The Morgan fingerprint density at radius 3 is 1.89 bits per heavy atom. The zero-order chi connectivity index (χ0) is 13.5. The van der Waals surface area contributed by atoms with Gasteiger partial charge in [-0.3, -0.25) is 0 Å². The number of hydrogen-bond donors (Lipinski definition) is 2. The summed E-state index contributed by atoms with van der Waals surface area (Å²) in [6.45, 7) is 4.69. The molecule has 0 bridgehead atoms. The van der Waals surface area contributed by atoms with Gasteiger partial charge in [-0.15, -0.1) is 0 Å². The number of hydrogen-bond acceptors (Lipinski definition) is 2. The summed E-state index contributed by atoms with van der Waals surface area (Å²) in [7, 11) is 4.12. The average Bonchev–Trinajstić information content (AvgIpc) is 2.37. The van der Waals surface area contributed by atoms with Crippen LogP contribution < -0.4 is 10.6 Å². The summed E-state index contributed by atoms with van der Waals surface area (Å²) >= 11 is 0. The van der Waals surface area contributed by atoms with E-state index in [0.29, 0.717) is 0 Å². The molecule has 0 aromatic rings. The predicted octanol–water partition coefficient (Wildman–Crippen LogP) is 3.96. The minimum Gasteiger partial charge on any atom is -0.320 e. The van der Waals surface area contributed by atoms with Crippen LogP contribution in [-0.2, 0) is 0 Å². The summed E-state index contributed by atoms with van der Waals surface area (Å²) in [4.78, 5) is 0. The van der Waals surface area contributed by atoms with Crippen LogP contribution in [0.2, 0.25) is 0 Å². The maximum atomic E-state index is 3.33. The van der Waals surface area contributed by atoms with Crippen LogP contribution in [0.4, 0.5) is 0 Å². The highest BCUT2D eigenvalue weighted by Crippen LogP contribution is 2.16. The lowest BCUT2D eigenvalue weighted by Crippen LogP contribution is -2.18. The molecule has 0 heterocycles. The highest BCUT2D eigenvalue weighted by atomic mass is 14.8. The first-order valence-corrected chi connectivity index (χ1v) is 8.14. The molecule has 0 amide bonds. The second-order valence-electron chi connectivity index (χ2n) is 5.58. The van der Waals surface area contributed by atoms with Crippen molar-refractivity contribution in [3.63, 3.8) is 0 Å². The van der Waals surface area contributed by atoms with E-state index < -0.39 is 0 Å². The summed E-state index contributed by atoms with van der Waals surface area (Å²) in [5.74, 6) is 0.913. The van der Waals surface area contributed by atoms with E-state index in [2.05, 4.69) is 24.6 Å². The van der Waals surface area contributed by atoms with Gasteiger partial charge in [0, 0.05) is 0 Å². The van der Waals surface area contributed by atoms with Crippen LogP contribution in [0.1, 0.15) is 71.1 Å². The molecule has 2 N–H and O–H groups in total. The fourth-order valence-electron chi connectivity index (χ4n) is 2.66. The van der Waals surface area contributed by atoms with Gasteiger partial charge in [-0.2, -0.15) is 0 Å². The third-order valence-corrected chi connectivity index (χ3v) is 3.73. The van der Waals surface area contributed by atoms with Crippen molar-refractivity contribution >= 4 is 0 Å². The summed E-state index contributed by atoms with van der Waals surface area (Å²) < 4.78 is 0. The Morgan fingerprint density at radius 2 is 1.33 bits per heavy atom. The molecule has 0 fully saturated rings. The highest BCUT2D eigenvalue weighted by Gasteiger charge is 2.05. The Morgan fingerprint density at radius 1 is 0.722 bits per heavy atom. The van der Waals surface area contributed by atoms with Crippen LogP contribution in [0, 0.1) is 5.92 Å². The van der Waals surface area contributed by atoms with Gasteiger partial charge in [0.05, 0.1) is 0 Å². The van der Waals surface area contributed by atoms with Crippen LogP contribution in [0.15, 0.2) is 0 Å². The van der Waals surface area contributed by atoms with Crippen molar-refractivity contribution in [1.82, 2.24) is 10.6 Å². The first kappa shape index (κ1) is 17.9. The van der Waals surface area contributed by atoms with Crippen LogP contribution in [0.3, 0.4) is 0 Å². The Labute approximate surface area is 115 Å². The van der Waals surface area contributed by atoms with Crippen LogP contribution in [0.5, 0.6) is 0 Å². The fraction of sp³-hybridized carbons (Fsp3) is 1.00. The predicted molar refractivity (Wildman–Crippen MR) is 83.2 cm³/mol. The monoisotopic (exact) mass is 256 g/mol. The molecular weight excluding hydrogens is 220 g/mol. The average molecular weight is 256 g/mol. The van der Waals surface area contributed by atoms with Crippen molar-refractivity contribution in [1.29, 1.82) is 0 Å². The number of nitrogens with one attached hydrogen (secondary N) is 2. The zero-order valence-corrected chi connectivity index (χ0v) is 13.1. The van der Waals surface area contributed by atoms with Crippen molar-refractivity contribution in [2.45, 2.75) is 71.1 Å². The molecule has 18 heavy (non-hydrogen) atoms. The molecule has 0 radical (unpaired) electrons. The van der Waals surface area contributed by atoms with Gasteiger partial charge < -0.3 is 10.6 Å². The molecule has 2 heteroatoms. The van der Waals surface area contributed by atoms with Crippen LogP contribution in [-0.4, -0.2) is 27.2 Å². The molecule has 110 valence electrons. The van der Waals surface area contributed by atoms with Crippen molar-refractivity contribution < 1.29 is 0 Å². The van der Waals surface area contributed by atoms with Gasteiger partial charge in [0.15, 0.2) is 0 Å². The van der Waals surface area contributed by atoms with E-state index in [1.807, 2.05) is 7.05 Å².